The molecule has 1 aromatic heterocycles. The first kappa shape index (κ1) is 11.0. The molecule has 0 bridgehead atoms. The summed E-state index contributed by atoms with van der Waals surface area (Å²) in [6, 6.07) is 8.31. The van der Waals surface area contributed by atoms with Crippen molar-refractivity contribution in [1.29, 1.82) is 0 Å². The summed E-state index contributed by atoms with van der Waals surface area (Å²) in [5.41, 5.74) is 1.09. The van der Waals surface area contributed by atoms with E-state index in [0.717, 1.165) is 31.4 Å². The number of benzene rings is 1. The summed E-state index contributed by atoms with van der Waals surface area (Å²) in [5.74, 6) is 0.491. The van der Waals surface area contributed by atoms with E-state index in [1.54, 1.807) is 11.5 Å². The van der Waals surface area contributed by atoms with Gasteiger partial charge in [-0.15, -0.1) is 0 Å². The van der Waals surface area contributed by atoms with Crippen LogP contribution in [0.4, 0.5) is 5.00 Å². The number of hydrogen-bond donors (Lipinski definition) is 1. The molecule has 0 spiro atoms. The first-order chi connectivity index (χ1) is 8.38. The van der Waals surface area contributed by atoms with Crippen LogP contribution >= 0.6 is 11.5 Å². The quantitative estimate of drug-likeness (QED) is 0.887. The largest absolute Gasteiger partial charge is 0.396 e. The topological polar surface area (TPSA) is 36.4 Å². The minimum Gasteiger partial charge on any atom is -0.396 e. The van der Waals surface area contributed by atoms with Crippen LogP contribution in [0.2, 0.25) is 0 Å². The van der Waals surface area contributed by atoms with E-state index < -0.39 is 0 Å². The second-order valence-electron chi connectivity index (χ2n) is 4.62. The molecule has 1 saturated heterocycles. The lowest BCUT2D eigenvalue weighted by Crippen LogP contribution is -2.34. The second-order valence-corrected chi connectivity index (χ2v) is 5.37. The number of aliphatic hydroxyl groups excluding tert-OH is 1. The smallest absolute Gasteiger partial charge is 0.119 e. The molecule has 17 heavy (non-hydrogen) atoms. The third-order valence-electron chi connectivity index (χ3n) is 3.52. The molecule has 2 aromatic rings. The van der Waals surface area contributed by atoms with Crippen molar-refractivity contribution in [3.05, 3.63) is 24.3 Å². The Hall–Kier alpha value is -1.13. The van der Waals surface area contributed by atoms with Crippen molar-refractivity contribution in [2.45, 2.75) is 12.8 Å². The number of rotatable bonds is 2. The zero-order chi connectivity index (χ0) is 11.7. The zero-order valence-corrected chi connectivity index (χ0v) is 10.5. The van der Waals surface area contributed by atoms with Crippen LogP contribution in [0.5, 0.6) is 0 Å². The van der Waals surface area contributed by atoms with Crippen LogP contribution in [0, 0.1) is 5.92 Å². The Kier molecular flexibility index (Phi) is 2.99. The van der Waals surface area contributed by atoms with Crippen LogP contribution in [0.1, 0.15) is 12.8 Å². The molecular weight excluding hydrogens is 232 g/mol. The first-order valence-electron chi connectivity index (χ1n) is 6.08. The summed E-state index contributed by atoms with van der Waals surface area (Å²) in [4.78, 5) is 2.41. The molecular formula is C13H16N2OS. The fraction of sp³-hybridized carbons (Fsp3) is 0.462. The van der Waals surface area contributed by atoms with Gasteiger partial charge in [0.1, 0.15) is 5.00 Å². The number of hydrogen-bond acceptors (Lipinski definition) is 4. The maximum absolute atomic E-state index is 9.15. The predicted octanol–water partition coefficient (Wildman–Crippen LogP) is 2.51. The van der Waals surface area contributed by atoms with Gasteiger partial charge in [0, 0.05) is 25.1 Å². The van der Waals surface area contributed by atoms with E-state index in [2.05, 4.69) is 27.5 Å². The van der Waals surface area contributed by atoms with E-state index in [0.29, 0.717) is 12.5 Å². The number of anilines is 1. The van der Waals surface area contributed by atoms with Gasteiger partial charge in [0.2, 0.25) is 0 Å². The highest BCUT2D eigenvalue weighted by atomic mass is 32.1. The lowest BCUT2D eigenvalue weighted by atomic mass is 9.98. The van der Waals surface area contributed by atoms with E-state index in [4.69, 9.17) is 5.11 Å². The molecule has 0 unspecified atom stereocenters. The number of fused-ring (bicyclic) bond motifs is 1. The van der Waals surface area contributed by atoms with Crippen LogP contribution < -0.4 is 4.90 Å². The molecule has 90 valence electrons. The van der Waals surface area contributed by atoms with E-state index >= 15 is 0 Å². The molecule has 0 saturated carbocycles. The maximum atomic E-state index is 9.15. The number of aliphatic hydroxyl groups is 1. The lowest BCUT2D eigenvalue weighted by Gasteiger charge is -2.31. The number of aromatic nitrogens is 1. The molecule has 3 rings (SSSR count). The Balaban J connectivity index is 1.85. The van der Waals surface area contributed by atoms with E-state index in [9.17, 15) is 0 Å². The second kappa shape index (κ2) is 4.63. The molecule has 3 nitrogen and oxygen atoms in total. The van der Waals surface area contributed by atoms with Crippen molar-refractivity contribution >= 4 is 27.4 Å². The third-order valence-corrected chi connectivity index (χ3v) is 4.46. The van der Waals surface area contributed by atoms with Gasteiger partial charge in [-0.3, -0.25) is 0 Å². The average Bonchev–Trinajstić information content (AvgIpc) is 2.83. The van der Waals surface area contributed by atoms with Gasteiger partial charge in [-0.05, 0) is 42.4 Å². The van der Waals surface area contributed by atoms with Gasteiger partial charge in [-0.2, -0.15) is 4.37 Å². The van der Waals surface area contributed by atoms with Gasteiger partial charge < -0.3 is 10.0 Å². The van der Waals surface area contributed by atoms with Crippen molar-refractivity contribution in [1.82, 2.24) is 4.37 Å². The van der Waals surface area contributed by atoms with Gasteiger partial charge in [-0.1, -0.05) is 12.1 Å². The first-order valence-corrected chi connectivity index (χ1v) is 6.86. The van der Waals surface area contributed by atoms with Gasteiger partial charge in [0.25, 0.3) is 0 Å². The SMILES string of the molecule is OCC1CCN(c2snc3ccccc23)CC1. The van der Waals surface area contributed by atoms with Crippen molar-refractivity contribution in [2.75, 3.05) is 24.6 Å². The fourth-order valence-corrected chi connectivity index (χ4v) is 3.34. The normalized spacial score (nSPS) is 17.8. The zero-order valence-electron chi connectivity index (χ0n) is 9.67. The average molecular weight is 248 g/mol. The van der Waals surface area contributed by atoms with Gasteiger partial charge in [0.15, 0.2) is 0 Å². The molecule has 1 aliphatic heterocycles. The van der Waals surface area contributed by atoms with Crippen LogP contribution in [-0.4, -0.2) is 29.2 Å². The fourth-order valence-electron chi connectivity index (χ4n) is 2.42. The minimum absolute atomic E-state index is 0.331. The van der Waals surface area contributed by atoms with Crippen molar-refractivity contribution < 1.29 is 5.11 Å². The molecule has 0 atom stereocenters. The number of nitrogens with zero attached hydrogens (tertiary/aromatic N) is 2. The van der Waals surface area contributed by atoms with E-state index in [1.165, 1.54) is 10.4 Å². The Morgan fingerprint density at radius 2 is 2.06 bits per heavy atom. The highest BCUT2D eigenvalue weighted by molar-refractivity contribution is 7.11. The summed E-state index contributed by atoms with van der Waals surface area (Å²) in [5, 5.41) is 11.7. The van der Waals surface area contributed by atoms with Crippen molar-refractivity contribution in [2.24, 2.45) is 5.92 Å². The van der Waals surface area contributed by atoms with E-state index in [-0.39, 0.29) is 0 Å². The van der Waals surface area contributed by atoms with Crippen LogP contribution in [0.15, 0.2) is 24.3 Å². The highest BCUT2D eigenvalue weighted by Crippen LogP contribution is 2.33. The molecule has 4 heteroatoms. The van der Waals surface area contributed by atoms with Crippen LogP contribution in [0.3, 0.4) is 0 Å². The molecule has 1 aromatic carbocycles. The minimum atomic E-state index is 0.331. The third kappa shape index (κ3) is 2.03. The summed E-state index contributed by atoms with van der Waals surface area (Å²) in [6.07, 6.45) is 2.17. The Morgan fingerprint density at radius 1 is 1.29 bits per heavy atom. The highest BCUT2D eigenvalue weighted by Gasteiger charge is 2.21. The monoisotopic (exact) mass is 248 g/mol. The van der Waals surface area contributed by atoms with Crippen molar-refractivity contribution in [3.8, 4) is 0 Å². The molecule has 1 fully saturated rings. The van der Waals surface area contributed by atoms with Crippen molar-refractivity contribution in [3.63, 3.8) is 0 Å². The van der Waals surface area contributed by atoms with Crippen LogP contribution in [0.25, 0.3) is 10.9 Å². The molecule has 1 aliphatic rings. The summed E-state index contributed by atoms with van der Waals surface area (Å²) >= 11 is 1.59. The molecule has 0 aliphatic carbocycles. The predicted molar refractivity (Wildman–Crippen MR) is 71.6 cm³/mol. The number of piperidine rings is 1. The molecule has 0 radical (unpaired) electrons. The summed E-state index contributed by atoms with van der Waals surface area (Å²) < 4.78 is 4.48. The Labute approximate surface area is 105 Å². The molecule has 1 N–H and O–H groups in total. The van der Waals surface area contributed by atoms with Gasteiger partial charge in [0.05, 0.1) is 5.52 Å². The standard InChI is InChI=1S/C13H16N2OS/c16-9-10-5-7-15(8-6-10)13-11-3-1-2-4-12(11)14-17-13/h1-4,10,16H,5-9H2. The lowest BCUT2D eigenvalue weighted by molar-refractivity contribution is 0.203. The van der Waals surface area contributed by atoms with Crippen LogP contribution in [-0.2, 0) is 0 Å². The summed E-state index contributed by atoms with van der Waals surface area (Å²) in [6.45, 7) is 2.41. The van der Waals surface area contributed by atoms with E-state index in [1.807, 2.05) is 6.07 Å². The van der Waals surface area contributed by atoms with Gasteiger partial charge in [-0.25, -0.2) is 0 Å². The summed E-state index contributed by atoms with van der Waals surface area (Å²) in [7, 11) is 0. The molecule has 0 amide bonds. The Bertz CT molecular complexity index is 503. The maximum Gasteiger partial charge on any atom is 0.119 e. The van der Waals surface area contributed by atoms with Gasteiger partial charge >= 0.3 is 0 Å². The Morgan fingerprint density at radius 3 is 2.82 bits per heavy atom. The molecule has 2 heterocycles.